The van der Waals surface area contributed by atoms with Crippen molar-refractivity contribution in [1.29, 1.82) is 0 Å². The molecule has 0 spiro atoms. The van der Waals surface area contributed by atoms with Crippen LogP contribution in [0.15, 0.2) is 84.2 Å². The maximum Gasteiger partial charge on any atom is 0.238 e. The molecule has 0 N–H and O–H groups in total. The molecule has 1 aliphatic heterocycles. The summed E-state index contributed by atoms with van der Waals surface area (Å²) >= 11 is 4.77. The fourth-order valence-electron chi connectivity index (χ4n) is 4.19. The minimum atomic E-state index is -0.275. The number of amides is 1. The van der Waals surface area contributed by atoms with Crippen LogP contribution in [0, 0.1) is 12.7 Å². The number of carbonyl (C=O) groups is 1. The van der Waals surface area contributed by atoms with Gasteiger partial charge in [0, 0.05) is 27.8 Å². The molecule has 8 heteroatoms. The van der Waals surface area contributed by atoms with E-state index in [0.717, 1.165) is 48.7 Å². The summed E-state index contributed by atoms with van der Waals surface area (Å²) in [6, 6.07) is 24.5. The molecular weight excluding hydrogens is 510 g/mol. The summed E-state index contributed by atoms with van der Waals surface area (Å²) in [6.07, 6.45) is 0. The van der Waals surface area contributed by atoms with Gasteiger partial charge in [-0.3, -0.25) is 9.69 Å². The Hall–Kier alpha value is -3.33. The van der Waals surface area contributed by atoms with Crippen molar-refractivity contribution in [2.24, 2.45) is 0 Å². The van der Waals surface area contributed by atoms with Gasteiger partial charge in [-0.25, -0.2) is 14.4 Å². The molecule has 0 bridgehead atoms. The molecule has 1 saturated heterocycles. The Morgan fingerprint density at radius 2 is 1.67 bits per heavy atom. The van der Waals surface area contributed by atoms with E-state index in [0.29, 0.717) is 5.75 Å². The Balaban J connectivity index is 1.27. The van der Waals surface area contributed by atoms with Crippen molar-refractivity contribution in [3.63, 3.8) is 0 Å². The van der Waals surface area contributed by atoms with Crippen LogP contribution in [0.5, 0.6) is 0 Å². The first kappa shape index (κ1) is 23.1. The number of nitrogens with zero attached hydrogens (tertiary/aromatic N) is 3. The van der Waals surface area contributed by atoms with Gasteiger partial charge in [0.2, 0.25) is 5.91 Å². The lowest BCUT2D eigenvalue weighted by Crippen LogP contribution is -2.27. The van der Waals surface area contributed by atoms with Gasteiger partial charge >= 0.3 is 0 Å². The maximum atomic E-state index is 13.6. The van der Waals surface area contributed by atoms with Crippen LogP contribution in [0.2, 0.25) is 0 Å². The predicted octanol–water partition coefficient (Wildman–Crippen LogP) is 7.83. The second-order valence-electron chi connectivity index (χ2n) is 8.36. The molecule has 1 unspecified atom stereocenters. The molecule has 0 radical (unpaired) electrons. The van der Waals surface area contributed by atoms with Gasteiger partial charge in [0.1, 0.15) is 21.2 Å². The molecule has 3 aromatic carbocycles. The Labute approximate surface area is 220 Å². The maximum absolute atomic E-state index is 13.6. The van der Waals surface area contributed by atoms with Gasteiger partial charge in [0.15, 0.2) is 0 Å². The Morgan fingerprint density at radius 1 is 0.889 bits per heavy atom. The van der Waals surface area contributed by atoms with Crippen LogP contribution in [0.4, 0.5) is 10.1 Å². The Bertz CT molecular complexity index is 1550. The number of benzene rings is 3. The van der Waals surface area contributed by atoms with E-state index < -0.39 is 0 Å². The minimum Gasteiger partial charge on any atom is -0.294 e. The summed E-state index contributed by atoms with van der Waals surface area (Å²) in [4.78, 5) is 25.4. The molecule has 1 fully saturated rings. The first-order valence-electron chi connectivity index (χ1n) is 11.3. The van der Waals surface area contributed by atoms with Crippen molar-refractivity contribution in [1.82, 2.24) is 9.97 Å². The molecule has 4 nitrogen and oxygen atoms in total. The number of halogens is 1. The lowest BCUT2D eigenvalue weighted by atomic mass is 10.1. The lowest BCUT2D eigenvalue weighted by Gasteiger charge is -2.23. The van der Waals surface area contributed by atoms with Crippen LogP contribution in [0.1, 0.15) is 15.9 Å². The third-order valence-electron chi connectivity index (χ3n) is 5.96. The Kier molecular flexibility index (Phi) is 6.17. The highest BCUT2D eigenvalue weighted by atomic mass is 32.2. The summed E-state index contributed by atoms with van der Waals surface area (Å²) in [5, 5.41) is 3.61. The number of rotatable bonds is 5. The first-order chi connectivity index (χ1) is 17.6. The molecule has 1 amide bonds. The van der Waals surface area contributed by atoms with Crippen molar-refractivity contribution in [2.45, 2.75) is 12.3 Å². The number of thioether (sulfide) groups is 1. The molecule has 0 saturated carbocycles. The van der Waals surface area contributed by atoms with Gasteiger partial charge in [-0.05, 0) is 31.2 Å². The van der Waals surface area contributed by atoms with Crippen molar-refractivity contribution >= 4 is 46.0 Å². The summed E-state index contributed by atoms with van der Waals surface area (Å²) in [5.41, 5.74) is 5.45. The highest BCUT2D eigenvalue weighted by Crippen LogP contribution is 2.46. The van der Waals surface area contributed by atoms with Crippen LogP contribution < -0.4 is 4.90 Å². The number of carbonyl (C=O) groups excluding carboxylic acids is 1. The SMILES string of the molecule is Cc1nc(-c2ccccc2)sc1C1SCC(=O)N1c1ccc(-c2csc(-c3cccc(F)c3)n2)cc1. The van der Waals surface area contributed by atoms with E-state index >= 15 is 0 Å². The number of hydrogen-bond donors (Lipinski definition) is 0. The molecule has 178 valence electrons. The van der Waals surface area contributed by atoms with Gasteiger partial charge in [0.05, 0.1) is 22.0 Å². The summed E-state index contributed by atoms with van der Waals surface area (Å²) < 4.78 is 13.6. The van der Waals surface area contributed by atoms with E-state index in [1.165, 1.54) is 23.5 Å². The van der Waals surface area contributed by atoms with Gasteiger partial charge in [-0.15, -0.1) is 34.4 Å². The van der Waals surface area contributed by atoms with Gasteiger partial charge in [0.25, 0.3) is 0 Å². The topological polar surface area (TPSA) is 46.1 Å². The third-order valence-corrected chi connectivity index (χ3v) is 9.44. The van der Waals surface area contributed by atoms with Crippen LogP contribution in [0.3, 0.4) is 0 Å². The molecular formula is C28H20FN3OS3. The van der Waals surface area contributed by atoms with E-state index in [-0.39, 0.29) is 17.1 Å². The zero-order chi connectivity index (χ0) is 24.6. The predicted molar refractivity (Wildman–Crippen MR) is 148 cm³/mol. The lowest BCUT2D eigenvalue weighted by molar-refractivity contribution is -0.115. The molecule has 36 heavy (non-hydrogen) atoms. The molecule has 0 aliphatic carbocycles. The Morgan fingerprint density at radius 3 is 2.44 bits per heavy atom. The number of hydrogen-bond acceptors (Lipinski definition) is 6. The zero-order valence-electron chi connectivity index (χ0n) is 19.2. The number of thiazole rings is 2. The van der Waals surface area contributed by atoms with Crippen molar-refractivity contribution in [2.75, 3.05) is 10.7 Å². The summed E-state index contributed by atoms with van der Waals surface area (Å²) in [6.45, 7) is 2.02. The third kappa shape index (κ3) is 4.36. The zero-order valence-corrected chi connectivity index (χ0v) is 21.7. The molecule has 6 rings (SSSR count). The second kappa shape index (κ2) is 9.61. The summed E-state index contributed by atoms with van der Waals surface area (Å²) in [7, 11) is 0. The van der Waals surface area contributed by atoms with Gasteiger partial charge in [-0.2, -0.15) is 0 Å². The minimum absolute atomic E-state index is 0.0915. The van der Waals surface area contributed by atoms with E-state index in [2.05, 4.69) is 12.1 Å². The van der Waals surface area contributed by atoms with Crippen LogP contribution in [-0.4, -0.2) is 21.6 Å². The van der Waals surface area contributed by atoms with E-state index in [4.69, 9.17) is 9.97 Å². The molecule has 1 aliphatic rings. The van der Waals surface area contributed by atoms with Crippen LogP contribution in [0.25, 0.3) is 32.4 Å². The average molecular weight is 530 g/mol. The largest absolute Gasteiger partial charge is 0.294 e. The normalized spacial score (nSPS) is 15.6. The number of aromatic nitrogens is 2. The van der Waals surface area contributed by atoms with Crippen LogP contribution in [-0.2, 0) is 4.79 Å². The molecule has 3 heterocycles. The average Bonchev–Trinajstić information content (AvgIpc) is 3.63. The monoisotopic (exact) mass is 529 g/mol. The van der Waals surface area contributed by atoms with E-state index in [1.54, 1.807) is 29.2 Å². The van der Waals surface area contributed by atoms with Crippen molar-refractivity contribution < 1.29 is 9.18 Å². The second-order valence-corrected chi connectivity index (χ2v) is 11.3. The quantitative estimate of drug-likeness (QED) is 0.233. The fraction of sp³-hybridized carbons (Fsp3) is 0.107. The molecule has 2 aromatic heterocycles. The fourth-order valence-corrected chi connectivity index (χ4v) is 7.56. The number of anilines is 1. The van der Waals surface area contributed by atoms with Crippen molar-refractivity contribution in [3.05, 3.63) is 101 Å². The van der Waals surface area contributed by atoms with E-state index in [9.17, 15) is 9.18 Å². The highest BCUT2D eigenvalue weighted by molar-refractivity contribution is 8.01. The molecule has 5 aromatic rings. The smallest absolute Gasteiger partial charge is 0.238 e. The standard InChI is InChI=1S/C28H20FN3OS3/c1-17-25(36-27(30-17)19-6-3-2-4-7-19)28-32(24(33)16-35-28)22-12-10-18(11-13-22)23-15-34-26(31-23)20-8-5-9-21(29)14-20/h2-15,28H,16H2,1H3. The van der Waals surface area contributed by atoms with E-state index in [1.807, 2.05) is 65.7 Å². The van der Waals surface area contributed by atoms with Crippen LogP contribution >= 0.6 is 34.4 Å². The van der Waals surface area contributed by atoms with Gasteiger partial charge < -0.3 is 0 Å². The molecule has 1 atom stereocenters. The number of aryl methyl sites for hydroxylation is 1. The van der Waals surface area contributed by atoms with Gasteiger partial charge in [-0.1, -0.05) is 54.6 Å². The van der Waals surface area contributed by atoms with Crippen molar-refractivity contribution in [3.8, 4) is 32.4 Å². The highest BCUT2D eigenvalue weighted by Gasteiger charge is 2.36. The summed E-state index contributed by atoms with van der Waals surface area (Å²) in [5.74, 6) is 0.255. The first-order valence-corrected chi connectivity index (χ1v) is 14.1.